The SMILES string of the molecule is CC(C)[C@@H]1C(=O)N(S(C)(=O)=O)[C@@H]2CCN(C(=O)c3ccc(CN4CCOCC4)n3C)[C@H]21.Cl. The van der Waals surface area contributed by atoms with Crippen molar-refractivity contribution in [3.8, 4) is 0 Å². The van der Waals surface area contributed by atoms with Crippen molar-refractivity contribution in [3.63, 3.8) is 0 Å². The Hall–Kier alpha value is -1.62. The highest BCUT2D eigenvalue weighted by atomic mass is 35.5. The third-order valence-electron chi connectivity index (χ3n) is 6.86. The molecule has 3 saturated heterocycles. The van der Waals surface area contributed by atoms with Crippen molar-refractivity contribution >= 4 is 34.2 Å². The van der Waals surface area contributed by atoms with Gasteiger partial charge in [-0.1, -0.05) is 13.8 Å². The van der Waals surface area contributed by atoms with Crippen molar-refractivity contribution in [2.75, 3.05) is 39.1 Å². The molecule has 3 fully saturated rings. The Labute approximate surface area is 196 Å². The zero-order valence-corrected chi connectivity index (χ0v) is 20.7. The van der Waals surface area contributed by atoms with E-state index in [4.69, 9.17) is 4.74 Å². The van der Waals surface area contributed by atoms with Crippen LogP contribution < -0.4 is 0 Å². The second-order valence-corrected chi connectivity index (χ2v) is 11.0. The van der Waals surface area contributed by atoms with E-state index < -0.39 is 28.0 Å². The van der Waals surface area contributed by atoms with Gasteiger partial charge < -0.3 is 14.2 Å². The molecule has 0 saturated carbocycles. The zero-order valence-electron chi connectivity index (χ0n) is 19.1. The molecule has 9 nitrogen and oxygen atoms in total. The van der Waals surface area contributed by atoms with Crippen molar-refractivity contribution in [3.05, 3.63) is 23.5 Å². The molecule has 11 heteroatoms. The molecule has 0 radical (unpaired) electrons. The number of carbonyl (C=O) groups excluding carboxylic acids is 2. The molecular formula is C21H33ClN4O5S. The van der Waals surface area contributed by atoms with Crippen LogP contribution in [0.25, 0.3) is 0 Å². The van der Waals surface area contributed by atoms with Gasteiger partial charge in [0, 0.05) is 38.9 Å². The molecule has 1 aromatic rings. The molecule has 1 aromatic heterocycles. The van der Waals surface area contributed by atoms with Crippen molar-refractivity contribution in [2.24, 2.45) is 18.9 Å². The van der Waals surface area contributed by atoms with Gasteiger partial charge in [-0.25, -0.2) is 12.7 Å². The maximum Gasteiger partial charge on any atom is 0.270 e. The van der Waals surface area contributed by atoms with Crippen molar-refractivity contribution in [2.45, 2.75) is 38.9 Å². The van der Waals surface area contributed by atoms with Crippen LogP contribution in [0.4, 0.5) is 0 Å². The molecule has 3 aliphatic heterocycles. The standard InChI is InChI=1S/C21H32N4O5S.ClH/c1-14(2)18-19-16(25(21(18)27)31(4,28)29)7-8-24(19)20(26)17-6-5-15(22(17)3)13-23-9-11-30-12-10-23;/h5-6,14,16,18-19H,7-13H2,1-4H3;1H/t16-,18+,19-;/m1./s1. The molecule has 0 bridgehead atoms. The summed E-state index contributed by atoms with van der Waals surface area (Å²) in [7, 11) is -1.79. The predicted molar refractivity (Wildman–Crippen MR) is 122 cm³/mol. The Balaban J connectivity index is 0.00000289. The van der Waals surface area contributed by atoms with Crippen LogP contribution >= 0.6 is 12.4 Å². The van der Waals surface area contributed by atoms with Crippen LogP contribution in [0.2, 0.25) is 0 Å². The van der Waals surface area contributed by atoms with Gasteiger partial charge in [-0.3, -0.25) is 14.5 Å². The lowest BCUT2D eigenvalue weighted by molar-refractivity contribution is -0.129. The van der Waals surface area contributed by atoms with Gasteiger partial charge in [0.1, 0.15) is 5.69 Å². The summed E-state index contributed by atoms with van der Waals surface area (Å²) < 4.78 is 33.0. The first kappa shape index (κ1) is 25.0. The second-order valence-electron chi connectivity index (χ2n) is 9.17. The maximum atomic E-state index is 13.5. The van der Waals surface area contributed by atoms with Crippen molar-refractivity contribution in [1.82, 2.24) is 18.7 Å². The molecule has 2 amide bonds. The fourth-order valence-electron chi connectivity index (χ4n) is 5.33. The Morgan fingerprint density at radius 3 is 2.44 bits per heavy atom. The highest BCUT2D eigenvalue weighted by Crippen LogP contribution is 2.41. The van der Waals surface area contributed by atoms with E-state index in [1.54, 1.807) is 4.90 Å². The summed E-state index contributed by atoms with van der Waals surface area (Å²) in [5.41, 5.74) is 1.61. The van der Waals surface area contributed by atoms with Crippen LogP contribution in [0.3, 0.4) is 0 Å². The number of fused-ring (bicyclic) bond motifs is 1. The van der Waals surface area contributed by atoms with Gasteiger partial charge in [-0.05, 0) is 24.5 Å². The van der Waals surface area contributed by atoms with E-state index in [1.807, 2.05) is 37.6 Å². The van der Waals surface area contributed by atoms with Gasteiger partial charge in [0.05, 0.1) is 37.5 Å². The van der Waals surface area contributed by atoms with E-state index in [1.165, 1.54) is 0 Å². The third-order valence-corrected chi connectivity index (χ3v) is 8.03. The van der Waals surface area contributed by atoms with Gasteiger partial charge in [0.25, 0.3) is 5.91 Å². The normalized spacial score (nSPS) is 26.5. The summed E-state index contributed by atoms with van der Waals surface area (Å²) in [4.78, 5) is 30.6. The fourth-order valence-corrected chi connectivity index (χ4v) is 6.50. The zero-order chi connectivity index (χ0) is 22.5. The van der Waals surface area contributed by atoms with E-state index in [2.05, 4.69) is 4.90 Å². The van der Waals surface area contributed by atoms with Crippen LogP contribution in [0.15, 0.2) is 12.1 Å². The van der Waals surface area contributed by atoms with E-state index in [0.717, 1.165) is 35.9 Å². The van der Waals surface area contributed by atoms with Crippen LogP contribution in [0, 0.1) is 11.8 Å². The number of amides is 2. The Morgan fingerprint density at radius 2 is 1.84 bits per heavy atom. The second kappa shape index (κ2) is 9.32. The van der Waals surface area contributed by atoms with Crippen LogP contribution in [0.5, 0.6) is 0 Å². The van der Waals surface area contributed by atoms with Gasteiger partial charge >= 0.3 is 0 Å². The molecule has 3 aliphatic rings. The van der Waals surface area contributed by atoms with E-state index in [-0.39, 0.29) is 30.1 Å². The van der Waals surface area contributed by atoms with Crippen LogP contribution in [0.1, 0.15) is 36.5 Å². The molecular weight excluding hydrogens is 456 g/mol. The van der Waals surface area contributed by atoms with Crippen molar-refractivity contribution in [1.29, 1.82) is 0 Å². The summed E-state index contributed by atoms with van der Waals surface area (Å²) in [5.74, 6) is -1.10. The van der Waals surface area contributed by atoms with Gasteiger partial charge in [-0.15, -0.1) is 12.4 Å². The number of hydrogen-bond donors (Lipinski definition) is 0. The number of carbonyl (C=O) groups is 2. The summed E-state index contributed by atoms with van der Waals surface area (Å²) in [5, 5.41) is 0. The fraction of sp³-hybridized carbons (Fsp3) is 0.714. The molecule has 180 valence electrons. The Kier molecular flexibility index (Phi) is 7.29. The monoisotopic (exact) mass is 488 g/mol. The molecule has 0 N–H and O–H groups in total. The van der Waals surface area contributed by atoms with Gasteiger partial charge in [-0.2, -0.15) is 0 Å². The first-order valence-electron chi connectivity index (χ1n) is 10.9. The lowest BCUT2D eigenvalue weighted by atomic mass is 9.88. The average Bonchev–Trinajstić information content (AvgIpc) is 3.34. The third kappa shape index (κ3) is 4.30. The first-order valence-corrected chi connectivity index (χ1v) is 12.7. The van der Waals surface area contributed by atoms with Gasteiger partial charge in [0.15, 0.2) is 0 Å². The molecule has 0 unspecified atom stereocenters. The van der Waals surface area contributed by atoms with Crippen LogP contribution in [-0.4, -0.2) is 90.1 Å². The van der Waals surface area contributed by atoms with E-state index >= 15 is 0 Å². The lowest BCUT2D eigenvalue weighted by Crippen LogP contribution is -2.44. The molecule has 0 aliphatic carbocycles. The largest absolute Gasteiger partial charge is 0.379 e. The molecule has 32 heavy (non-hydrogen) atoms. The summed E-state index contributed by atoms with van der Waals surface area (Å²) >= 11 is 0. The maximum absolute atomic E-state index is 13.5. The highest BCUT2D eigenvalue weighted by molar-refractivity contribution is 7.88. The summed E-state index contributed by atoms with van der Waals surface area (Å²) in [6.07, 6.45) is 1.55. The number of aromatic nitrogens is 1. The molecule has 4 rings (SSSR count). The Bertz CT molecular complexity index is 973. The van der Waals surface area contributed by atoms with E-state index in [9.17, 15) is 18.0 Å². The number of rotatable bonds is 5. The van der Waals surface area contributed by atoms with Crippen molar-refractivity contribution < 1.29 is 22.7 Å². The highest BCUT2D eigenvalue weighted by Gasteiger charge is 2.58. The lowest BCUT2D eigenvalue weighted by Gasteiger charge is -2.29. The summed E-state index contributed by atoms with van der Waals surface area (Å²) in [6.45, 7) is 8.18. The molecule has 0 spiro atoms. The minimum atomic E-state index is -3.68. The number of nitrogens with zero attached hydrogens (tertiary/aromatic N) is 4. The topological polar surface area (TPSA) is 92.2 Å². The molecule has 4 heterocycles. The number of likely N-dealkylation sites (tertiary alicyclic amines) is 1. The average molecular weight is 489 g/mol. The van der Waals surface area contributed by atoms with Crippen LogP contribution in [-0.2, 0) is 33.1 Å². The number of halogens is 1. The van der Waals surface area contributed by atoms with Gasteiger partial charge in [0.2, 0.25) is 15.9 Å². The number of morpholine rings is 1. The minimum absolute atomic E-state index is 0. The quantitative estimate of drug-likeness (QED) is 0.612. The molecule has 3 atom stereocenters. The number of hydrogen-bond acceptors (Lipinski definition) is 6. The number of sulfonamides is 1. The minimum Gasteiger partial charge on any atom is -0.379 e. The molecule has 0 aromatic carbocycles. The smallest absolute Gasteiger partial charge is 0.270 e. The number of ether oxygens (including phenoxy) is 1. The van der Waals surface area contributed by atoms with E-state index in [0.29, 0.717) is 31.9 Å². The Morgan fingerprint density at radius 1 is 1.19 bits per heavy atom. The first-order chi connectivity index (χ1) is 14.6. The summed E-state index contributed by atoms with van der Waals surface area (Å²) in [6, 6.07) is 2.90. The predicted octanol–water partition coefficient (Wildman–Crippen LogP) is 0.936.